The molecule has 0 saturated heterocycles. The Labute approximate surface area is 135 Å². The van der Waals surface area contributed by atoms with Gasteiger partial charge < -0.3 is 14.3 Å². The summed E-state index contributed by atoms with van der Waals surface area (Å²) in [7, 11) is 0. The van der Waals surface area contributed by atoms with E-state index in [9.17, 15) is 9.90 Å². The highest BCUT2D eigenvalue weighted by Crippen LogP contribution is 2.30. The Morgan fingerprint density at radius 2 is 2.13 bits per heavy atom. The molecule has 120 valence electrons. The van der Waals surface area contributed by atoms with Gasteiger partial charge in [-0.25, -0.2) is 4.79 Å². The number of rotatable bonds is 6. The van der Waals surface area contributed by atoms with E-state index in [1.165, 1.54) is 18.2 Å². The molecular weight excluding hydrogens is 292 g/mol. The Morgan fingerprint density at radius 3 is 2.87 bits per heavy atom. The van der Waals surface area contributed by atoms with Crippen LogP contribution in [0.4, 0.5) is 0 Å². The molecule has 4 nitrogen and oxygen atoms in total. The van der Waals surface area contributed by atoms with Crippen molar-refractivity contribution in [3.63, 3.8) is 0 Å². The second kappa shape index (κ2) is 7.49. The number of ether oxygens (including phenoxy) is 1. The summed E-state index contributed by atoms with van der Waals surface area (Å²) in [5.74, 6) is 0.289. The maximum Gasteiger partial charge on any atom is 0.336 e. The lowest BCUT2D eigenvalue weighted by Gasteiger charge is -2.07. The van der Waals surface area contributed by atoms with Crippen LogP contribution in [-0.2, 0) is 0 Å². The summed E-state index contributed by atoms with van der Waals surface area (Å²) in [5.41, 5.74) is 2.10. The number of phenols is 1. The lowest BCUT2D eigenvalue weighted by Crippen LogP contribution is -1.97. The average Bonchev–Trinajstić information content (AvgIpc) is 2.48. The number of allylic oxidation sites excluding steroid dienone is 4. The molecule has 0 saturated carbocycles. The van der Waals surface area contributed by atoms with E-state index in [0.29, 0.717) is 17.6 Å². The summed E-state index contributed by atoms with van der Waals surface area (Å²) in [6.45, 7) is 8.09. The molecule has 0 fully saturated rings. The molecule has 2 aromatic rings. The molecule has 0 aliphatic heterocycles. The molecule has 0 aliphatic rings. The topological polar surface area (TPSA) is 59.7 Å². The third-order valence-corrected chi connectivity index (χ3v) is 3.19. The number of hydrogen-bond donors (Lipinski definition) is 1. The van der Waals surface area contributed by atoms with Gasteiger partial charge in [-0.3, -0.25) is 0 Å². The number of aromatic hydroxyl groups is 1. The molecule has 0 spiro atoms. The fraction of sp³-hybridized carbons (Fsp3) is 0.211. The van der Waals surface area contributed by atoms with Gasteiger partial charge in [-0.2, -0.15) is 0 Å². The van der Waals surface area contributed by atoms with Crippen LogP contribution in [0.2, 0.25) is 0 Å². The molecule has 0 bridgehead atoms. The van der Waals surface area contributed by atoms with Gasteiger partial charge in [-0.05, 0) is 38.5 Å². The first kappa shape index (κ1) is 16.6. The lowest BCUT2D eigenvalue weighted by atomic mass is 10.2. The molecule has 1 N–H and O–H groups in total. The highest BCUT2D eigenvalue weighted by atomic mass is 16.5. The predicted octanol–water partition coefficient (Wildman–Crippen LogP) is 4.35. The minimum Gasteiger partial charge on any atom is -0.504 e. The van der Waals surface area contributed by atoms with Gasteiger partial charge in [-0.1, -0.05) is 29.9 Å². The maximum atomic E-state index is 11.2. The van der Waals surface area contributed by atoms with Crippen molar-refractivity contribution < 1.29 is 14.3 Å². The standard InChI is InChI=1S/C19H20O4/c1-13(2)5-4-6-14(3)9-10-22-18-12-17-15(11-16(18)20)7-8-19(21)23-17/h4,6-9,11-12,20H,1,5,10H2,2-3H3. The largest absolute Gasteiger partial charge is 0.504 e. The second-order valence-electron chi connectivity index (χ2n) is 5.43. The first-order valence-electron chi connectivity index (χ1n) is 7.33. The molecule has 1 heterocycles. The molecular formula is C19H20O4. The van der Waals surface area contributed by atoms with Gasteiger partial charge in [0.2, 0.25) is 0 Å². The molecule has 0 atom stereocenters. The monoisotopic (exact) mass is 312 g/mol. The molecule has 2 rings (SSSR count). The minimum atomic E-state index is -0.437. The van der Waals surface area contributed by atoms with Crippen LogP contribution in [0.15, 0.2) is 69.4 Å². The van der Waals surface area contributed by atoms with Crippen LogP contribution in [0.1, 0.15) is 20.3 Å². The quantitative estimate of drug-likeness (QED) is 0.489. The van der Waals surface area contributed by atoms with Crippen LogP contribution in [0.3, 0.4) is 0 Å². The fourth-order valence-corrected chi connectivity index (χ4v) is 1.98. The first-order valence-corrected chi connectivity index (χ1v) is 7.33. The van der Waals surface area contributed by atoms with Gasteiger partial charge in [0.15, 0.2) is 11.5 Å². The summed E-state index contributed by atoms with van der Waals surface area (Å²) in [6.07, 6.45) is 6.78. The van der Waals surface area contributed by atoms with Gasteiger partial charge in [0.05, 0.1) is 0 Å². The molecule has 0 amide bonds. The number of benzene rings is 1. The molecule has 0 aliphatic carbocycles. The zero-order valence-corrected chi connectivity index (χ0v) is 13.3. The Balaban J connectivity index is 2.07. The van der Waals surface area contributed by atoms with Crippen molar-refractivity contribution in [2.45, 2.75) is 20.3 Å². The number of phenolic OH excluding ortho intramolecular Hbond substituents is 1. The highest BCUT2D eigenvalue weighted by Gasteiger charge is 2.06. The van der Waals surface area contributed by atoms with Crippen LogP contribution in [0.25, 0.3) is 11.0 Å². The van der Waals surface area contributed by atoms with Crippen LogP contribution in [0, 0.1) is 0 Å². The SMILES string of the molecule is C=C(C)CC=CC(C)=CCOc1cc2oc(=O)ccc2cc1O. The Morgan fingerprint density at radius 1 is 1.35 bits per heavy atom. The van der Waals surface area contributed by atoms with Crippen LogP contribution >= 0.6 is 0 Å². The van der Waals surface area contributed by atoms with Crippen molar-refractivity contribution >= 4 is 11.0 Å². The second-order valence-corrected chi connectivity index (χ2v) is 5.43. The van der Waals surface area contributed by atoms with Crippen molar-refractivity contribution in [2.24, 2.45) is 0 Å². The smallest absolute Gasteiger partial charge is 0.336 e. The van der Waals surface area contributed by atoms with Crippen molar-refractivity contribution in [1.82, 2.24) is 0 Å². The number of hydrogen-bond acceptors (Lipinski definition) is 4. The van der Waals surface area contributed by atoms with Gasteiger partial charge >= 0.3 is 5.63 Å². The Hall–Kier alpha value is -2.75. The van der Waals surface area contributed by atoms with Gasteiger partial charge in [-0.15, -0.1) is 0 Å². The molecule has 1 aromatic carbocycles. The van der Waals surface area contributed by atoms with Crippen LogP contribution in [-0.4, -0.2) is 11.7 Å². The van der Waals surface area contributed by atoms with E-state index in [0.717, 1.165) is 17.6 Å². The zero-order valence-electron chi connectivity index (χ0n) is 13.3. The van der Waals surface area contributed by atoms with E-state index in [1.807, 2.05) is 32.1 Å². The van der Waals surface area contributed by atoms with Gasteiger partial charge in [0, 0.05) is 17.5 Å². The third kappa shape index (κ3) is 4.88. The zero-order chi connectivity index (χ0) is 16.8. The van der Waals surface area contributed by atoms with E-state index in [2.05, 4.69) is 6.58 Å². The van der Waals surface area contributed by atoms with Crippen molar-refractivity contribution in [2.75, 3.05) is 6.61 Å². The van der Waals surface area contributed by atoms with Gasteiger partial charge in [0.25, 0.3) is 0 Å². The normalized spacial score (nSPS) is 12.0. The van der Waals surface area contributed by atoms with E-state index in [1.54, 1.807) is 6.07 Å². The number of fused-ring (bicyclic) bond motifs is 1. The summed E-state index contributed by atoms with van der Waals surface area (Å²) in [6, 6.07) is 5.94. The van der Waals surface area contributed by atoms with E-state index >= 15 is 0 Å². The lowest BCUT2D eigenvalue weighted by molar-refractivity contribution is 0.335. The van der Waals surface area contributed by atoms with E-state index in [4.69, 9.17) is 9.15 Å². The third-order valence-electron chi connectivity index (χ3n) is 3.19. The first-order chi connectivity index (χ1) is 11.0. The molecule has 0 unspecified atom stereocenters. The molecule has 1 aromatic heterocycles. The van der Waals surface area contributed by atoms with Crippen LogP contribution < -0.4 is 10.4 Å². The summed E-state index contributed by atoms with van der Waals surface area (Å²) >= 11 is 0. The summed E-state index contributed by atoms with van der Waals surface area (Å²) < 4.78 is 10.6. The summed E-state index contributed by atoms with van der Waals surface area (Å²) in [4.78, 5) is 11.2. The molecule has 23 heavy (non-hydrogen) atoms. The van der Waals surface area contributed by atoms with Crippen LogP contribution in [0.5, 0.6) is 11.5 Å². The van der Waals surface area contributed by atoms with Gasteiger partial charge in [0.1, 0.15) is 12.2 Å². The Bertz CT molecular complexity index is 825. The Kier molecular flexibility index (Phi) is 5.41. The predicted molar refractivity (Wildman–Crippen MR) is 92.0 cm³/mol. The average molecular weight is 312 g/mol. The molecule has 4 heteroatoms. The fourth-order valence-electron chi connectivity index (χ4n) is 1.98. The highest BCUT2D eigenvalue weighted by molar-refractivity contribution is 5.80. The summed E-state index contributed by atoms with van der Waals surface area (Å²) in [5, 5.41) is 10.6. The van der Waals surface area contributed by atoms with Crippen molar-refractivity contribution in [3.05, 3.63) is 70.6 Å². The molecule has 0 radical (unpaired) electrons. The minimum absolute atomic E-state index is 0.00947. The van der Waals surface area contributed by atoms with E-state index < -0.39 is 5.63 Å². The van der Waals surface area contributed by atoms with E-state index in [-0.39, 0.29) is 11.5 Å². The maximum absolute atomic E-state index is 11.2. The van der Waals surface area contributed by atoms with Crippen molar-refractivity contribution in [1.29, 1.82) is 0 Å². The van der Waals surface area contributed by atoms with Crippen molar-refractivity contribution in [3.8, 4) is 11.5 Å².